The average Bonchev–Trinajstić information content (AvgIpc) is 2.59. The molecular weight excluding hydrogens is 284 g/mol. The molecule has 0 aromatic heterocycles. The van der Waals surface area contributed by atoms with Crippen LogP contribution < -0.4 is 0 Å². The van der Waals surface area contributed by atoms with Crippen LogP contribution in [0.3, 0.4) is 0 Å². The molecule has 3 aliphatic carbocycles. The summed E-state index contributed by atoms with van der Waals surface area (Å²) in [7, 11) is 0.311. The third-order valence-corrected chi connectivity index (χ3v) is 20.2. The van der Waals surface area contributed by atoms with Crippen LogP contribution in [-0.2, 0) is 0 Å². The molecule has 120 valence electrons. The summed E-state index contributed by atoms with van der Waals surface area (Å²) in [6, 6.07) is 0. The van der Waals surface area contributed by atoms with Crippen LogP contribution in [0.2, 0.25) is 23.2 Å². The Morgan fingerprint density at radius 1 is 0.524 bits per heavy atom. The lowest BCUT2D eigenvalue weighted by atomic mass is 9.98. The lowest BCUT2D eigenvalue weighted by Gasteiger charge is -2.53. The van der Waals surface area contributed by atoms with E-state index in [4.69, 9.17) is 0 Å². The lowest BCUT2D eigenvalue weighted by molar-refractivity contribution is 0.424. The van der Waals surface area contributed by atoms with Gasteiger partial charge in [0.15, 0.2) is 0 Å². The Morgan fingerprint density at radius 2 is 0.810 bits per heavy atom. The van der Waals surface area contributed by atoms with Gasteiger partial charge in [-0.25, -0.2) is 0 Å². The van der Waals surface area contributed by atoms with Gasteiger partial charge in [0, 0.05) is 9.04 Å². The van der Waals surface area contributed by atoms with Crippen LogP contribution in [0.25, 0.3) is 0 Å². The highest BCUT2D eigenvalue weighted by Crippen LogP contribution is 2.56. The monoisotopic (exact) mass is 320 g/mol. The Bertz CT molecular complexity index is 251. The first-order valence-corrected chi connectivity index (χ1v) is 14.8. The molecular formula is C19H36Si2. The second kappa shape index (κ2) is 7.81. The Hall–Kier alpha value is 0.434. The molecule has 2 radical (unpaired) electrons. The van der Waals surface area contributed by atoms with Gasteiger partial charge in [-0.3, -0.25) is 0 Å². The van der Waals surface area contributed by atoms with Gasteiger partial charge in [0.25, 0.3) is 0 Å². The smallest absolute Gasteiger partial charge is 0.0507 e. The molecule has 0 bridgehead atoms. The summed E-state index contributed by atoms with van der Waals surface area (Å²) in [5, 5.41) is 0. The van der Waals surface area contributed by atoms with E-state index in [2.05, 4.69) is 6.55 Å². The minimum absolute atomic E-state index is 1.04. The molecule has 0 N–H and O–H groups in total. The van der Waals surface area contributed by atoms with E-state index in [-0.39, 0.29) is 0 Å². The van der Waals surface area contributed by atoms with Gasteiger partial charge in [0.2, 0.25) is 0 Å². The van der Waals surface area contributed by atoms with Crippen molar-refractivity contribution in [1.82, 2.24) is 0 Å². The molecule has 0 saturated heterocycles. The van der Waals surface area contributed by atoms with E-state index < -0.39 is 7.59 Å². The van der Waals surface area contributed by atoms with Gasteiger partial charge in [0.1, 0.15) is 0 Å². The van der Waals surface area contributed by atoms with E-state index in [0.29, 0.717) is 0 Å². The third-order valence-electron chi connectivity index (χ3n) is 7.28. The minimum Gasteiger partial charge on any atom is -0.0754 e. The first-order chi connectivity index (χ1) is 10.4. The highest BCUT2D eigenvalue weighted by Gasteiger charge is 2.50. The van der Waals surface area contributed by atoms with Crippen LogP contribution in [0.1, 0.15) is 96.3 Å². The molecule has 0 unspecified atom stereocenters. The lowest BCUT2D eigenvalue weighted by Crippen LogP contribution is -2.55. The molecule has 0 atom stereocenters. The summed E-state index contributed by atoms with van der Waals surface area (Å²) < 4.78 is 0. The van der Waals surface area contributed by atoms with Gasteiger partial charge in [-0.2, -0.15) is 0 Å². The zero-order valence-corrected chi connectivity index (χ0v) is 16.3. The Morgan fingerprint density at radius 3 is 1.05 bits per heavy atom. The van der Waals surface area contributed by atoms with Crippen molar-refractivity contribution in [1.29, 1.82) is 0 Å². The fraction of sp³-hybridized carbons (Fsp3) is 1.00. The quantitative estimate of drug-likeness (QED) is 0.506. The van der Waals surface area contributed by atoms with Crippen LogP contribution >= 0.6 is 0 Å². The fourth-order valence-corrected chi connectivity index (χ4v) is 19.9. The largest absolute Gasteiger partial charge is 0.0754 e. The standard InChI is InChI=1S/C19H36Si2/c1-20-21(17-11-5-2-6-12-17,18-13-7-3-8-14-18)19-15-9-4-10-16-19/h17-19H,2-16H2,1H3. The molecule has 0 spiro atoms. The van der Waals surface area contributed by atoms with Crippen LogP contribution in [0.15, 0.2) is 0 Å². The van der Waals surface area contributed by atoms with E-state index in [1.54, 1.807) is 96.3 Å². The Labute approximate surface area is 136 Å². The second-order valence-electron chi connectivity index (χ2n) is 8.19. The van der Waals surface area contributed by atoms with Gasteiger partial charge in [-0.15, -0.1) is 0 Å². The van der Waals surface area contributed by atoms with Gasteiger partial charge < -0.3 is 0 Å². The Kier molecular flexibility index (Phi) is 6.06. The molecule has 0 heterocycles. The van der Waals surface area contributed by atoms with Gasteiger partial charge >= 0.3 is 0 Å². The molecule has 0 aliphatic heterocycles. The zero-order chi connectivity index (χ0) is 14.5. The van der Waals surface area contributed by atoms with E-state index in [0.717, 1.165) is 0 Å². The summed E-state index contributed by atoms with van der Waals surface area (Å²) in [6.45, 7) is 2.66. The van der Waals surface area contributed by atoms with Crippen LogP contribution in [-0.4, -0.2) is 16.6 Å². The SMILES string of the molecule is C[Si][Si](C1CCCCC1)(C1CCCCC1)C1CCCCC1. The maximum atomic E-state index is 2.66. The fourth-order valence-electron chi connectivity index (χ4n) is 6.35. The first-order valence-electron chi connectivity index (χ1n) is 10.1. The first kappa shape index (κ1) is 16.3. The van der Waals surface area contributed by atoms with Crippen molar-refractivity contribution >= 4 is 16.6 Å². The number of hydrogen-bond acceptors (Lipinski definition) is 0. The second-order valence-corrected chi connectivity index (χ2v) is 17.1. The molecule has 2 heteroatoms. The molecule has 3 saturated carbocycles. The van der Waals surface area contributed by atoms with Crippen molar-refractivity contribution < 1.29 is 0 Å². The average molecular weight is 321 g/mol. The van der Waals surface area contributed by atoms with E-state index in [1.807, 2.05) is 0 Å². The maximum absolute atomic E-state index is 2.66. The molecule has 3 aliphatic rings. The Balaban J connectivity index is 1.85. The maximum Gasteiger partial charge on any atom is 0.0507 e. The predicted molar refractivity (Wildman–Crippen MR) is 97.9 cm³/mol. The van der Waals surface area contributed by atoms with Gasteiger partial charge in [-0.05, 0) is 16.6 Å². The van der Waals surface area contributed by atoms with E-state index in [9.17, 15) is 0 Å². The number of hydrogen-bond donors (Lipinski definition) is 0. The predicted octanol–water partition coefficient (Wildman–Crippen LogP) is 6.69. The summed E-state index contributed by atoms with van der Waals surface area (Å²) in [6.07, 6.45) is 23.9. The summed E-state index contributed by atoms with van der Waals surface area (Å²) in [5.74, 6) is 0. The summed E-state index contributed by atoms with van der Waals surface area (Å²) >= 11 is 0. The number of rotatable bonds is 4. The topological polar surface area (TPSA) is 0 Å². The highest BCUT2D eigenvalue weighted by atomic mass is 29.2. The van der Waals surface area contributed by atoms with E-state index >= 15 is 0 Å². The normalized spacial score (nSPS) is 27.9. The molecule has 3 rings (SSSR count). The van der Waals surface area contributed by atoms with Crippen LogP contribution in [0, 0.1) is 0 Å². The van der Waals surface area contributed by atoms with Crippen molar-refractivity contribution in [2.24, 2.45) is 0 Å². The molecule has 21 heavy (non-hydrogen) atoms. The molecule has 0 nitrogen and oxygen atoms in total. The molecule has 0 aromatic rings. The molecule has 3 fully saturated rings. The van der Waals surface area contributed by atoms with Crippen molar-refractivity contribution in [2.45, 2.75) is 119 Å². The minimum atomic E-state index is -1.04. The van der Waals surface area contributed by atoms with Crippen molar-refractivity contribution in [3.8, 4) is 0 Å². The third kappa shape index (κ3) is 3.36. The van der Waals surface area contributed by atoms with E-state index in [1.165, 1.54) is 25.7 Å². The van der Waals surface area contributed by atoms with Crippen LogP contribution in [0.4, 0.5) is 0 Å². The van der Waals surface area contributed by atoms with Gasteiger partial charge in [0.05, 0.1) is 7.59 Å². The molecule has 0 amide bonds. The van der Waals surface area contributed by atoms with Crippen LogP contribution in [0.5, 0.6) is 0 Å². The zero-order valence-electron chi connectivity index (χ0n) is 14.3. The highest BCUT2D eigenvalue weighted by molar-refractivity contribution is 7.26. The molecule has 0 aromatic carbocycles. The van der Waals surface area contributed by atoms with Gasteiger partial charge in [-0.1, -0.05) is 103 Å². The van der Waals surface area contributed by atoms with Crippen molar-refractivity contribution in [3.05, 3.63) is 0 Å². The summed E-state index contributed by atoms with van der Waals surface area (Å²) in [5.41, 5.74) is 3.71. The van der Waals surface area contributed by atoms with Crippen molar-refractivity contribution in [3.63, 3.8) is 0 Å². The summed E-state index contributed by atoms with van der Waals surface area (Å²) in [4.78, 5) is 0. The van der Waals surface area contributed by atoms with Crippen molar-refractivity contribution in [2.75, 3.05) is 0 Å².